The van der Waals surface area contributed by atoms with Crippen LogP contribution in [0.3, 0.4) is 0 Å². The lowest BCUT2D eigenvalue weighted by atomic mass is 9.68. The Morgan fingerprint density at radius 3 is 2.59 bits per heavy atom. The number of hydrogen-bond acceptors (Lipinski definition) is 3. The monoisotopic (exact) mass is 384 g/mol. The molecule has 0 amide bonds. The number of fused-ring (bicyclic) bond motifs is 1. The fraction of sp³-hybridized carbons (Fsp3) is 0.524. The minimum absolute atomic E-state index is 0.163. The number of hydrogen-bond donors (Lipinski definition) is 0. The van der Waals surface area contributed by atoms with E-state index in [1.807, 2.05) is 13.8 Å². The van der Waals surface area contributed by atoms with Gasteiger partial charge in [0.25, 0.3) is 5.56 Å². The van der Waals surface area contributed by atoms with Crippen molar-refractivity contribution in [3.8, 4) is 0 Å². The molecule has 0 bridgehead atoms. The molecule has 0 unspecified atom stereocenters. The Balaban J connectivity index is 2.33. The van der Waals surface area contributed by atoms with Gasteiger partial charge in [0.05, 0.1) is 17.7 Å². The largest absolute Gasteiger partial charge is 0.494 e. The van der Waals surface area contributed by atoms with E-state index >= 15 is 0 Å². The third kappa shape index (κ3) is 3.80. The Kier molecular flexibility index (Phi) is 6.00. The number of pyridine rings is 2. The second-order valence-electron chi connectivity index (χ2n) is 7.39. The maximum atomic E-state index is 13.6. The summed E-state index contributed by atoms with van der Waals surface area (Å²) in [5.41, 5.74) is 1.08. The number of nitrogens with zero attached hydrogens (tertiary/aromatic N) is 2. The van der Waals surface area contributed by atoms with Crippen LogP contribution in [0.4, 0.5) is 0 Å². The lowest BCUT2D eigenvalue weighted by Crippen LogP contribution is -2.44. The second kappa shape index (κ2) is 8.09. The van der Waals surface area contributed by atoms with Crippen LogP contribution in [-0.2, 0) is 10.2 Å². The number of ether oxygens (including phenoxy) is 1. The molecule has 2 radical (unpaired) electrons. The summed E-state index contributed by atoms with van der Waals surface area (Å²) < 4.78 is 7.32. The zero-order valence-electron chi connectivity index (χ0n) is 16.2. The van der Waals surface area contributed by atoms with E-state index in [0.717, 1.165) is 55.0 Å². The molecule has 1 fully saturated rings. The van der Waals surface area contributed by atoms with Crippen LogP contribution in [0.25, 0.3) is 16.7 Å². The third-order valence-electron chi connectivity index (χ3n) is 5.55. The van der Waals surface area contributed by atoms with E-state index in [1.165, 1.54) is 6.42 Å². The summed E-state index contributed by atoms with van der Waals surface area (Å²) in [5, 5.41) is 1.20. The molecule has 0 saturated heterocycles. The zero-order chi connectivity index (χ0) is 19.6. The average Bonchev–Trinajstić information content (AvgIpc) is 2.58. The van der Waals surface area contributed by atoms with Crippen molar-refractivity contribution in [2.75, 3.05) is 6.61 Å². The summed E-state index contributed by atoms with van der Waals surface area (Å²) in [5.74, 6) is 0.375. The molecule has 4 nitrogen and oxygen atoms in total. The second-order valence-corrected chi connectivity index (χ2v) is 7.78. The highest BCUT2D eigenvalue weighted by atomic mass is 35.5. The minimum atomic E-state index is -0.755. The minimum Gasteiger partial charge on any atom is -0.494 e. The summed E-state index contributed by atoms with van der Waals surface area (Å²) in [6, 6.07) is 1.74. The fourth-order valence-electron chi connectivity index (χ4n) is 4.17. The Morgan fingerprint density at radius 1 is 1.33 bits per heavy atom. The van der Waals surface area contributed by atoms with Gasteiger partial charge >= 0.3 is 0 Å². The van der Waals surface area contributed by atoms with Crippen molar-refractivity contribution in [3.05, 3.63) is 45.5 Å². The average molecular weight is 385 g/mol. The molecule has 0 aromatic carbocycles. The van der Waals surface area contributed by atoms with Gasteiger partial charge in [-0.05, 0) is 38.3 Å². The van der Waals surface area contributed by atoms with Crippen molar-refractivity contribution >= 4 is 36.1 Å². The first kappa shape index (κ1) is 20.0. The number of aryl methyl sites for hydroxylation is 1. The van der Waals surface area contributed by atoms with Crippen LogP contribution < -0.4 is 5.56 Å². The molecule has 0 spiro atoms. The summed E-state index contributed by atoms with van der Waals surface area (Å²) >= 11 is 6.18. The predicted molar refractivity (Wildman–Crippen MR) is 112 cm³/mol. The summed E-state index contributed by atoms with van der Waals surface area (Å²) in [6.07, 6.45) is 8.71. The van der Waals surface area contributed by atoms with E-state index in [9.17, 15) is 4.79 Å². The SMILES string of the molecule is [B]C1(n2c(=O)c(C(=C)OCC)c(C)c3cnc(Cl)cc32)CCCCCCC1. The molecule has 1 aliphatic carbocycles. The lowest BCUT2D eigenvalue weighted by molar-refractivity contribution is 0.295. The molecule has 0 atom stereocenters. The maximum Gasteiger partial charge on any atom is 0.262 e. The zero-order valence-corrected chi connectivity index (χ0v) is 16.9. The number of rotatable bonds is 4. The molecular formula is C21H26BClN2O2. The van der Waals surface area contributed by atoms with Crippen molar-refractivity contribution in [3.63, 3.8) is 0 Å². The van der Waals surface area contributed by atoms with Crippen molar-refractivity contribution in [1.29, 1.82) is 0 Å². The van der Waals surface area contributed by atoms with E-state index in [-0.39, 0.29) is 5.56 Å². The lowest BCUT2D eigenvalue weighted by Gasteiger charge is -2.36. The summed E-state index contributed by atoms with van der Waals surface area (Å²) in [4.78, 5) is 17.8. The molecule has 142 valence electrons. The Hall–Kier alpha value is -1.75. The maximum absolute atomic E-state index is 13.6. The molecule has 2 aromatic rings. The molecule has 27 heavy (non-hydrogen) atoms. The quantitative estimate of drug-likeness (QED) is 0.426. The van der Waals surface area contributed by atoms with E-state index in [1.54, 1.807) is 16.8 Å². The molecule has 2 heterocycles. The Labute approximate surface area is 167 Å². The van der Waals surface area contributed by atoms with Gasteiger partial charge in [-0.2, -0.15) is 0 Å². The van der Waals surface area contributed by atoms with Crippen LogP contribution in [0.15, 0.2) is 23.6 Å². The van der Waals surface area contributed by atoms with E-state index < -0.39 is 5.44 Å². The Morgan fingerprint density at radius 2 is 1.96 bits per heavy atom. The van der Waals surface area contributed by atoms with Crippen LogP contribution in [0, 0.1) is 6.92 Å². The molecular weight excluding hydrogens is 359 g/mol. The van der Waals surface area contributed by atoms with Crippen LogP contribution in [0.1, 0.15) is 63.0 Å². The van der Waals surface area contributed by atoms with Gasteiger partial charge in [0.15, 0.2) is 0 Å². The van der Waals surface area contributed by atoms with E-state index in [4.69, 9.17) is 24.2 Å². The molecule has 2 aromatic heterocycles. The highest BCUT2D eigenvalue weighted by Crippen LogP contribution is 2.34. The van der Waals surface area contributed by atoms with Crippen molar-refractivity contribution in [2.24, 2.45) is 0 Å². The van der Waals surface area contributed by atoms with Gasteiger partial charge in [0.2, 0.25) is 0 Å². The molecule has 0 aliphatic heterocycles. The van der Waals surface area contributed by atoms with Crippen LogP contribution in [0.2, 0.25) is 5.15 Å². The topological polar surface area (TPSA) is 44.1 Å². The van der Waals surface area contributed by atoms with Gasteiger partial charge in [-0.15, -0.1) is 0 Å². The normalized spacial score (nSPS) is 17.3. The van der Waals surface area contributed by atoms with Crippen LogP contribution >= 0.6 is 11.6 Å². The highest BCUT2D eigenvalue weighted by Gasteiger charge is 2.31. The van der Waals surface area contributed by atoms with Gasteiger partial charge in [-0.1, -0.05) is 50.3 Å². The molecule has 3 rings (SSSR count). The van der Waals surface area contributed by atoms with Crippen molar-refractivity contribution < 1.29 is 4.74 Å². The van der Waals surface area contributed by atoms with Crippen molar-refractivity contribution in [2.45, 2.75) is 64.2 Å². The van der Waals surface area contributed by atoms with Gasteiger partial charge in [-0.25, -0.2) is 4.98 Å². The number of halogens is 1. The third-order valence-corrected chi connectivity index (χ3v) is 5.75. The molecule has 1 saturated carbocycles. The highest BCUT2D eigenvalue weighted by molar-refractivity contribution is 6.30. The van der Waals surface area contributed by atoms with E-state index in [2.05, 4.69) is 11.6 Å². The first-order chi connectivity index (χ1) is 12.9. The molecule has 1 aliphatic rings. The van der Waals surface area contributed by atoms with Gasteiger partial charge in [0, 0.05) is 17.0 Å². The predicted octanol–water partition coefficient (Wildman–Crippen LogP) is 4.93. The first-order valence-corrected chi connectivity index (χ1v) is 10.1. The summed E-state index contributed by atoms with van der Waals surface area (Å²) in [7, 11) is 6.89. The van der Waals surface area contributed by atoms with Gasteiger partial charge in [0.1, 0.15) is 18.8 Å². The van der Waals surface area contributed by atoms with Crippen LogP contribution in [-0.4, -0.2) is 24.0 Å². The van der Waals surface area contributed by atoms with Crippen molar-refractivity contribution in [1.82, 2.24) is 9.55 Å². The molecule has 0 N–H and O–H groups in total. The Bertz CT molecular complexity index is 915. The van der Waals surface area contributed by atoms with Gasteiger partial charge in [-0.3, -0.25) is 4.79 Å². The van der Waals surface area contributed by atoms with E-state index in [0.29, 0.717) is 23.1 Å². The van der Waals surface area contributed by atoms with Gasteiger partial charge < -0.3 is 9.30 Å². The standard InChI is InChI=1S/C21H26BClN2O2/c1-4-27-15(3)19-14(2)16-13-24-18(23)12-17(16)25(20(19)26)21(22)10-8-6-5-7-9-11-21/h12-13H,3-11H2,1-2H3. The fourth-order valence-corrected chi connectivity index (χ4v) is 4.32. The molecule has 6 heteroatoms. The smallest absolute Gasteiger partial charge is 0.262 e. The summed E-state index contributed by atoms with van der Waals surface area (Å²) in [6.45, 7) is 8.20. The van der Waals surface area contributed by atoms with Crippen LogP contribution in [0.5, 0.6) is 0 Å². The first-order valence-electron chi connectivity index (χ1n) is 9.71. The number of aromatic nitrogens is 2.